The Bertz CT molecular complexity index is 744. The molecule has 2 unspecified atom stereocenters. The maximum Gasteiger partial charge on any atom is 0.255 e. The summed E-state index contributed by atoms with van der Waals surface area (Å²) in [4.78, 5) is 19.6. The molecule has 1 aromatic heterocycles. The summed E-state index contributed by atoms with van der Waals surface area (Å²) in [5, 5.41) is 3.62. The van der Waals surface area contributed by atoms with Gasteiger partial charge in [0.05, 0.1) is 17.0 Å². The number of hydrogen-bond donors (Lipinski definition) is 1. The van der Waals surface area contributed by atoms with Crippen molar-refractivity contribution in [2.45, 2.75) is 38.3 Å². The molecule has 1 aromatic carbocycles. The van der Waals surface area contributed by atoms with Crippen LogP contribution in [0.25, 0.3) is 11.3 Å². The molecule has 4 heteroatoms. The van der Waals surface area contributed by atoms with E-state index in [0.717, 1.165) is 42.0 Å². The standard InChI is InChI=1S/C20H23N3O/c1-14-18(9-10-19(21-14)15-5-3-2-4-6-15)20(24)23-12-11-16-7-8-17(13-23)22-16/h2-6,9-10,16-17,22H,7-8,11-13H2,1H3. The van der Waals surface area contributed by atoms with Crippen LogP contribution in [0.3, 0.4) is 0 Å². The Balaban J connectivity index is 1.56. The molecule has 124 valence electrons. The van der Waals surface area contributed by atoms with Gasteiger partial charge < -0.3 is 10.2 Å². The van der Waals surface area contributed by atoms with Crippen molar-refractivity contribution in [2.24, 2.45) is 0 Å². The first-order valence-corrected chi connectivity index (χ1v) is 8.79. The molecule has 1 amide bonds. The lowest BCUT2D eigenvalue weighted by molar-refractivity contribution is 0.0747. The molecule has 0 radical (unpaired) electrons. The first-order valence-electron chi connectivity index (χ1n) is 8.79. The van der Waals surface area contributed by atoms with Crippen molar-refractivity contribution in [3.63, 3.8) is 0 Å². The molecule has 24 heavy (non-hydrogen) atoms. The third-order valence-electron chi connectivity index (χ3n) is 5.20. The van der Waals surface area contributed by atoms with Crippen LogP contribution in [0.1, 0.15) is 35.3 Å². The van der Waals surface area contributed by atoms with Gasteiger partial charge in [0.1, 0.15) is 0 Å². The van der Waals surface area contributed by atoms with Crippen molar-refractivity contribution in [3.05, 3.63) is 53.7 Å². The number of carbonyl (C=O) groups is 1. The molecule has 2 saturated heterocycles. The van der Waals surface area contributed by atoms with E-state index in [4.69, 9.17) is 0 Å². The van der Waals surface area contributed by atoms with Gasteiger partial charge in [0.2, 0.25) is 0 Å². The first-order chi connectivity index (χ1) is 11.7. The summed E-state index contributed by atoms with van der Waals surface area (Å²) < 4.78 is 0. The van der Waals surface area contributed by atoms with Gasteiger partial charge >= 0.3 is 0 Å². The van der Waals surface area contributed by atoms with Crippen LogP contribution in [0.5, 0.6) is 0 Å². The van der Waals surface area contributed by atoms with Crippen LogP contribution in [0.2, 0.25) is 0 Å². The van der Waals surface area contributed by atoms with Gasteiger partial charge in [0.15, 0.2) is 0 Å². The quantitative estimate of drug-likeness (QED) is 0.925. The molecule has 4 rings (SSSR count). The lowest BCUT2D eigenvalue weighted by Crippen LogP contribution is -2.39. The van der Waals surface area contributed by atoms with Crippen molar-refractivity contribution in [1.29, 1.82) is 0 Å². The minimum atomic E-state index is 0.119. The van der Waals surface area contributed by atoms with Gasteiger partial charge in [-0.3, -0.25) is 9.78 Å². The third-order valence-corrected chi connectivity index (χ3v) is 5.20. The van der Waals surface area contributed by atoms with E-state index in [0.29, 0.717) is 12.1 Å². The molecular formula is C20H23N3O. The van der Waals surface area contributed by atoms with Crippen LogP contribution in [-0.2, 0) is 0 Å². The monoisotopic (exact) mass is 321 g/mol. The molecule has 2 fully saturated rings. The molecule has 1 N–H and O–H groups in total. The Hall–Kier alpha value is -2.20. The fraction of sp³-hybridized carbons (Fsp3) is 0.400. The van der Waals surface area contributed by atoms with Crippen LogP contribution in [-0.4, -0.2) is 41.0 Å². The summed E-state index contributed by atoms with van der Waals surface area (Å²) in [7, 11) is 0. The highest BCUT2D eigenvalue weighted by Crippen LogP contribution is 2.23. The Morgan fingerprint density at radius 1 is 1.08 bits per heavy atom. The SMILES string of the molecule is Cc1nc(-c2ccccc2)ccc1C(=O)N1CCC2CCC(C1)N2. The van der Waals surface area contributed by atoms with Crippen LogP contribution >= 0.6 is 0 Å². The zero-order valence-electron chi connectivity index (χ0n) is 14.0. The third kappa shape index (κ3) is 2.94. The predicted octanol–water partition coefficient (Wildman–Crippen LogP) is 3.02. The second-order valence-electron chi connectivity index (χ2n) is 6.87. The number of rotatable bonds is 2. The number of pyridine rings is 1. The molecule has 2 aromatic rings. The normalized spacial score (nSPS) is 23.1. The second kappa shape index (κ2) is 6.36. The first kappa shape index (κ1) is 15.3. The van der Waals surface area contributed by atoms with Crippen LogP contribution < -0.4 is 5.32 Å². The average Bonchev–Trinajstić information content (AvgIpc) is 2.94. The maximum absolute atomic E-state index is 13.0. The molecule has 0 spiro atoms. The van der Waals surface area contributed by atoms with E-state index in [-0.39, 0.29) is 5.91 Å². The number of likely N-dealkylation sites (tertiary alicyclic amines) is 1. The lowest BCUT2D eigenvalue weighted by Gasteiger charge is -2.25. The molecule has 2 atom stereocenters. The molecular weight excluding hydrogens is 298 g/mol. The number of aromatic nitrogens is 1. The Kier molecular flexibility index (Phi) is 4.07. The number of carbonyl (C=O) groups excluding carboxylic acids is 1. The Morgan fingerprint density at radius 3 is 2.67 bits per heavy atom. The molecule has 2 aliphatic rings. The summed E-state index contributed by atoms with van der Waals surface area (Å²) in [6, 6.07) is 15.0. The van der Waals surface area contributed by atoms with Crippen molar-refractivity contribution < 1.29 is 4.79 Å². The van der Waals surface area contributed by atoms with Crippen molar-refractivity contribution in [1.82, 2.24) is 15.2 Å². The summed E-state index contributed by atoms with van der Waals surface area (Å²) >= 11 is 0. The summed E-state index contributed by atoms with van der Waals surface area (Å²) in [5.74, 6) is 0.119. The number of aryl methyl sites for hydroxylation is 1. The van der Waals surface area contributed by atoms with Crippen LogP contribution in [0.15, 0.2) is 42.5 Å². The van der Waals surface area contributed by atoms with Gasteiger partial charge in [-0.25, -0.2) is 0 Å². The van der Waals surface area contributed by atoms with E-state index in [9.17, 15) is 4.79 Å². The summed E-state index contributed by atoms with van der Waals surface area (Å²) in [5.41, 5.74) is 3.54. The molecule has 4 nitrogen and oxygen atoms in total. The van der Waals surface area contributed by atoms with E-state index in [1.165, 1.54) is 12.8 Å². The zero-order valence-corrected chi connectivity index (χ0v) is 14.0. The predicted molar refractivity (Wildman–Crippen MR) is 94.9 cm³/mol. The average molecular weight is 321 g/mol. The van der Waals surface area contributed by atoms with E-state index >= 15 is 0 Å². The number of nitrogens with one attached hydrogen (secondary N) is 1. The van der Waals surface area contributed by atoms with Crippen LogP contribution in [0.4, 0.5) is 0 Å². The zero-order chi connectivity index (χ0) is 16.5. The van der Waals surface area contributed by atoms with Crippen molar-refractivity contribution in [3.8, 4) is 11.3 Å². The number of benzene rings is 1. The summed E-state index contributed by atoms with van der Waals surface area (Å²) in [6.07, 6.45) is 3.48. The second-order valence-corrected chi connectivity index (χ2v) is 6.87. The number of amides is 1. The Labute approximate surface area is 142 Å². The fourth-order valence-corrected chi connectivity index (χ4v) is 3.85. The lowest BCUT2D eigenvalue weighted by atomic mass is 10.1. The number of nitrogens with zero attached hydrogens (tertiary/aromatic N) is 2. The highest BCUT2D eigenvalue weighted by molar-refractivity contribution is 5.95. The van der Waals surface area contributed by atoms with Gasteiger partial charge in [-0.1, -0.05) is 30.3 Å². The topological polar surface area (TPSA) is 45.2 Å². The maximum atomic E-state index is 13.0. The number of hydrogen-bond acceptors (Lipinski definition) is 3. The fourth-order valence-electron chi connectivity index (χ4n) is 3.85. The molecule has 0 aliphatic carbocycles. The highest BCUT2D eigenvalue weighted by atomic mass is 16.2. The highest BCUT2D eigenvalue weighted by Gasteiger charge is 2.31. The summed E-state index contributed by atoms with van der Waals surface area (Å²) in [6.45, 7) is 3.59. The van der Waals surface area contributed by atoms with Gasteiger partial charge in [-0.2, -0.15) is 0 Å². The van der Waals surface area contributed by atoms with Crippen LogP contribution in [0, 0.1) is 6.92 Å². The van der Waals surface area contributed by atoms with Gasteiger partial charge in [-0.05, 0) is 38.3 Å². The van der Waals surface area contributed by atoms with E-state index in [2.05, 4.69) is 10.3 Å². The van der Waals surface area contributed by atoms with Gasteiger partial charge in [0, 0.05) is 30.7 Å². The van der Waals surface area contributed by atoms with Gasteiger partial charge in [-0.15, -0.1) is 0 Å². The smallest absolute Gasteiger partial charge is 0.255 e. The largest absolute Gasteiger partial charge is 0.337 e. The van der Waals surface area contributed by atoms with E-state index in [1.807, 2.05) is 54.3 Å². The van der Waals surface area contributed by atoms with E-state index < -0.39 is 0 Å². The Morgan fingerprint density at radius 2 is 1.88 bits per heavy atom. The van der Waals surface area contributed by atoms with Crippen molar-refractivity contribution in [2.75, 3.05) is 13.1 Å². The molecule has 2 bridgehead atoms. The van der Waals surface area contributed by atoms with Gasteiger partial charge in [0.25, 0.3) is 5.91 Å². The molecule has 0 saturated carbocycles. The molecule has 3 heterocycles. The number of fused-ring (bicyclic) bond motifs is 2. The minimum Gasteiger partial charge on any atom is -0.337 e. The minimum absolute atomic E-state index is 0.119. The molecule has 2 aliphatic heterocycles. The van der Waals surface area contributed by atoms with Crippen molar-refractivity contribution >= 4 is 5.91 Å². The van der Waals surface area contributed by atoms with E-state index in [1.54, 1.807) is 0 Å².